The van der Waals surface area contributed by atoms with E-state index in [1.165, 1.54) is 36.4 Å². The molecule has 0 spiro atoms. The number of anilines is 1. The van der Waals surface area contributed by atoms with Crippen molar-refractivity contribution >= 4 is 17.5 Å². The van der Waals surface area contributed by atoms with E-state index in [0.29, 0.717) is 5.56 Å². The number of piperazine rings is 1. The molecule has 0 aromatic heterocycles. The summed E-state index contributed by atoms with van der Waals surface area (Å²) in [6.45, 7) is -0.449. The van der Waals surface area contributed by atoms with Gasteiger partial charge in [-0.3, -0.25) is 14.5 Å². The lowest BCUT2D eigenvalue weighted by atomic mass is 10.0. The molecule has 2 aromatic rings. The normalized spacial score (nSPS) is 17.3. The fraction of sp³-hybridized carbons (Fsp3) is 0.286. The van der Waals surface area contributed by atoms with Crippen LogP contribution in [0.4, 0.5) is 18.9 Å². The van der Waals surface area contributed by atoms with Crippen molar-refractivity contribution in [2.75, 3.05) is 18.1 Å². The molecule has 0 radical (unpaired) electrons. The van der Waals surface area contributed by atoms with Gasteiger partial charge < -0.3 is 10.0 Å². The van der Waals surface area contributed by atoms with Crippen LogP contribution in [0, 0.1) is 17.1 Å². The molecule has 0 unspecified atom stereocenters. The second-order valence-corrected chi connectivity index (χ2v) is 7.01. The number of hydrogen-bond acceptors (Lipinski definition) is 4. The summed E-state index contributed by atoms with van der Waals surface area (Å²) in [5.74, 6) is -5.06. The van der Waals surface area contributed by atoms with E-state index in [0.717, 1.165) is 22.8 Å². The summed E-state index contributed by atoms with van der Waals surface area (Å²) in [7, 11) is 0. The van der Waals surface area contributed by atoms with E-state index >= 15 is 0 Å². The monoisotopic (exact) mass is 417 g/mol. The molecule has 0 bridgehead atoms. The summed E-state index contributed by atoms with van der Waals surface area (Å²) in [6, 6.07) is 9.34. The zero-order chi connectivity index (χ0) is 22.1. The van der Waals surface area contributed by atoms with Crippen molar-refractivity contribution in [3.63, 3.8) is 0 Å². The minimum absolute atomic E-state index is 0.0634. The van der Waals surface area contributed by atoms with Crippen LogP contribution in [0.25, 0.3) is 0 Å². The van der Waals surface area contributed by atoms with Crippen LogP contribution >= 0.6 is 0 Å². The van der Waals surface area contributed by atoms with Crippen LogP contribution in [0.1, 0.15) is 23.6 Å². The van der Waals surface area contributed by atoms with Gasteiger partial charge in [-0.25, -0.2) is 13.2 Å². The molecule has 2 aromatic carbocycles. The van der Waals surface area contributed by atoms with Gasteiger partial charge in [0, 0.05) is 19.0 Å². The zero-order valence-electron chi connectivity index (χ0n) is 16.0. The van der Waals surface area contributed by atoms with Crippen LogP contribution in [-0.4, -0.2) is 41.0 Å². The number of nitrogens with zero attached hydrogens (tertiary/aromatic N) is 3. The molecule has 0 saturated carbocycles. The number of nitriles is 1. The van der Waals surface area contributed by atoms with E-state index in [2.05, 4.69) is 0 Å². The fourth-order valence-corrected chi connectivity index (χ4v) is 3.26. The van der Waals surface area contributed by atoms with Crippen LogP contribution in [-0.2, 0) is 22.1 Å². The largest absolute Gasteiger partial charge is 0.394 e. The molecule has 1 aliphatic rings. The summed E-state index contributed by atoms with van der Waals surface area (Å²) >= 11 is 0. The fourth-order valence-electron chi connectivity index (χ4n) is 3.26. The molecule has 1 N–H and O–H groups in total. The first kappa shape index (κ1) is 21.3. The smallest absolute Gasteiger partial charge is 0.270 e. The van der Waals surface area contributed by atoms with E-state index < -0.39 is 42.7 Å². The van der Waals surface area contributed by atoms with E-state index in [-0.39, 0.29) is 23.4 Å². The SMILES string of the molecule is CC(F)(F)c1ccc(CN2C(=O)CN(c3ccc(C#N)cc3F)C(=O)[C@H]2CO)cc1. The maximum atomic E-state index is 14.3. The Labute approximate surface area is 170 Å². The molecule has 1 aliphatic heterocycles. The highest BCUT2D eigenvalue weighted by Crippen LogP contribution is 2.28. The summed E-state index contributed by atoms with van der Waals surface area (Å²) in [6.07, 6.45) is 0. The van der Waals surface area contributed by atoms with Gasteiger partial charge in [-0.2, -0.15) is 5.26 Å². The number of aliphatic hydroxyl groups excluding tert-OH is 1. The Morgan fingerprint density at radius 2 is 1.87 bits per heavy atom. The molecule has 30 heavy (non-hydrogen) atoms. The average Bonchev–Trinajstić information content (AvgIpc) is 2.70. The second-order valence-electron chi connectivity index (χ2n) is 7.01. The number of aliphatic hydroxyl groups is 1. The highest BCUT2D eigenvalue weighted by atomic mass is 19.3. The minimum Gasteiger partial charge on any atom is -0.394 e. The molecule has 156 valence electrons. The molecular weight excluding hydrogens is 399 g/mol. The summed E-state index contributed by atoms with van der Waals surface area (Å²) in [5, 5.41) is 18.6. The molecular formula is C21H18F3N3O3. The van der Waals surface area contributed by atoms with Gasteiger partial charge >= 0.3 is 0 Å². The van der Waals surface area contributed by atoms with Gasteiger partial charge in [0.05, 0.1) is 23.9 Å². The van der Waals surface area contributed by atoms with Crippen LogP contribution in [0.2, 0.25) is 0 Å². The first-order valence-corrected chi connectivity index (χ1v) is 9.04. The van der Waals surface area contributed by atoms with E-state index in [4.69, 9.17) is 5.26 Å². The molecule has 6 nitrogen and oxygen atoms in total. The quantitative estimate of drug-likeness (QED) is 0.811. The maximum Gasteiger partial charge on any atom is 0.270 e. The number of rotatable bonds is 5. The Kier molecular flexibility index (Phi) is 5.80. The Balaban J connectivity index is 1.84. The third-order valence-corrected chi connectivity index (χ3v) is 4.90. The minimum atomic E-state index is -3.01. The van der Waals surface area contributed by atoms with Gasteiger partial charge in [0.25, 0.3) is 11.8 Å². The zero-order valence-corrected chi connectivity index (χ0v) is 16.0. The van der Waals surface area contributed by atoms with Gasteiger partial charge in [-0.1, -0.05) is 24.3 Å². The molecule has 2 amide bonds. The molecule has 1 fully saturated rings. The lowest BCUT2D eigenvalue weighted by Gasteiger charge is -2.39. The van der Waals surface area contributed by atoms with Crippen molar-refractivity contribution in [1.29, 1.82) is 5.26 Å². The maximum absolute atomic E-state index is 14.3. The third-order valence-electron chi connectivity index (χ3n) is 4.90. The topological polar surface area (TPSA) is 84.6 Å². The van der Waals surface area contributed by atoms with Gasteiger partial charge in [-0.05, 0) is 23.8 Å². The summed E-state index contributed by atoms with van der Waals surface area (Å²) in [4.78, 5) is 27.6. The molecule has 1 heterocycles. The highest BCUT2D eigenvalue weighted by molar-refractivity contribution is 6.06. The predicted octanol–water partition coefficient (Wildman–Crippen LogP) is 2.55. The van der Waals surface area contributed by atoms with E-state index in [1.807, 2.05) is 0 Å². The van der Waals surface area contributed by atoms with Gasteiger partial charge in [-0.15, -0.1) is 0 Å². The number of halogens is 3. The summed E-state index contributed by atoms with van der Waals surface area (Å²) < 4.78 is 41.1. The van der Waals surface area contributed by atoms with Crippen LogP contribution in [0.5, 0.6) is 0 Å². The first-order valence-electron chi connectivity index (χ1n) is 9.04. The number of benzene rings is 2. The summed E-state index contributed by atoms with van der Waals surface area (Å²) in [5.41, 5.74) is 0.211. The number of carbonyl (C=O) groups is 2. The Bertz CT molecular complexity index is 1010. The molecule has 9 heteroatoms. The molecule has 1 atom stereocenters. The lowest BCUT2D eigenvalue weighted by Crippen LogP contribution is -2.61. The van der Waals surface area contributed by atoms with Crippen molar-refractivity contribution in [2.45, 2.75) is 25.4 Å². The predicted molar refractivity (Wildman–Crippen MR) is 101 cm³/mol. The Hall–Kier alpha value is -3.38. The molecule has 0 aliphatic carbocycles. The van der Waals surface area contributed by atoms with Gasteiger partial charge in [0.15, 0.2) is 0 Å². The van der Waals surface area contributed by atoms with Crippen molar-refractivity contribution < 1.29 is 27.9 Å². The lowest BCUT2D eigenvalue weighted by molar-refractivity contribution is -0.145. The number of carbonyl (C=O) groups excluding carboxylic acids is 2. The Morgan fingerprint density at radius 1 is 1.20 bits per heavy atom. The van der Waals surface area contributed by atoms with Crippen LogP contribution in [0.3, 0.4) is 0 Å². The van der Waals surface area contributed by atoms with Gasteiger partial charge in [0.2, 0.25) is 5.91 Å². The number of amides is 2. The number of alkyl halides is 2. The Morgan fingerprint density at radius 3 is 2.40 bits per heavy atom. The van der Waals surface area contributed by atoms with Crippen LogP contribution in [0.15, 0.2) is 42.5 Å². The van der Waals surface area contributed by atoms with Gasteiger partial charge in [0.1, 0.15) is 18.4 Å². The van der Waals surface area contributed by atoms with E-state index in [9.17, 15) is 27.9 Å². The third kappa shape index (κ3) is 4.14. The second kappa shape index (κ2) is 8.16. The van der Waals surface area contributed by atoms with Crippen molar-refractivity contribution in [3.8, 4) is 6.07 Å². The number of hydrogen-bond donors (Lipinski definition) is 1. The van der Waals surface area contributed by atoms with Crippen molar-refractivity contribution in [2.24, 2.45) is 0 Å². The van der Waals surface area contributed by atoms with Crippen LogP contribution < -0.4 is 4.90 Å². The first-order chi connectivity index (χ1) is 14.2. The van der Waals surface area contributed by atoms with Crippen molar-refractivity contribution in [3.05, 3.63) is 65.0 Å². The van der Waals surface area contributed by atoms with E-state index in [1.54, 1.807) is 6.07 Å². The average molecular weight is 417 g/mol. The molecule has 1 saturated heterocycles. The highest BCUT2D eigenvalue weighted by Gasteiger charge is 2.40. The molecule has 3 rings (SSSR count). The van der Waals surface area contributed by atoms with Crippen molar-refractivity contribution in [1.82, 2.24) is 4.90 Å². The standard InChI is InChI=1S/C21H18F3N3O3/c1-21(23,24)15-5-2-13(3-6-15)10-26-18(12-28)20(30)27(11-19(26)29)17-7-4-14(9-25)8-16(17)22/h2-8,18,28H,10-12H2,1H3/t18-/m1/s1.